The van der Waals surface area contributed by atoms with E-state index in [0.717, 1.165) is 18.9 Å². The van der Waals surface area contributed by atoms with Crippen LogP contribution < -0.4 is 11.1 Å². The van der Waals surface area contributed by atoms with Crippen molar-refractivity contribution in [3.8, 4) is 0 Å². The van der Waals surface area contributed by atoms with E-state index in [1.54, 1.807) is 6.07 Å². The number of carbonyl (C=O) groups excluding carboxylic acids is 1. The van der Waals surface area contributed by atoms with Gasteiger partial charge in [0.15, 0.2) is 5.69 Å². The van der Waals surface area contributed by atoms with Crippen LogP contribution in [0.4, 0.5) is 5.69 Å². The molecule has 0 amide bonds. The molecule has 0 atom stereocenters. The summed E-state index contributed by atoms with van der Waals surface area (Å²) in [5.41, 5.74) is 7.39. The van der Waals surface area contributed by atoms with Crippen LogP contribution in [0.3, 0.4) is 0 Å². The maximum Gasteiger partial charge on any atom is 0.359 e. The Balaban J connectivity index is 2.25. The van der Waals surface area contributed by atoms with E-state index < -0.39 is 5.97 Å². The fraction of sp³-hybridized carbons (Fsp3) is 0.333. The van der Waals surface area contributed by atoms with Crippen LogP contribution in [0.5, 0.6) is 0 Å². The summed E-state index contributed by atoms with van der Waals surface area (Å²) in [7, 11) is 1.34. The van der Waals surface area contributed by atoms with Gasteiger partial charge >= 0.3 is 5.97 Å². The van der Waals surface area contributed by atoms with E-state index in [1.165, 1.54) is 7.11 Å². The SMILES string of the molecule is COC(=O)c1nc(C2CNC2)n2cccc(N)c12. The topological polar surface area (TPSA) is 81.6 Å². The number of methoxy groups -OCH3 is 1. The molecule has 0 saturated carbocycles. The van der Waals surface area contributed by atoms with E-state index in [0.29, 0.717) is 17.1 Å². The lowest BCUT2D eigenvalue weighted by Gasteiger charge is -2.25. The summed E-state index contributed by atoms with van der Waals surface area (Å²) in [6, 6.07) is 3.60. The fourth-order valence-corrected chi connectivity index (χ4v) is 2.19. The Kier molecular flexibility index (Phi) is 2.45. The highest BCUT2D eigenvalue weighted by Gasteiger charge is 2.28. The number of hydrogen-bond acceptors (Lipinski definition) is 5. The van der Waals surface area contributed by atoms with Gasteiger partial charge in [-0.2, -0.15) is 0 Å². The molecule has 0 aliphatic carbocycles. The van der Waals surface area contributed by atoms with Crippen LogP contribution in [-0.4, -0.2) is 35.6 Å². The first kappa shape index (κ1) is 11.0. The van der Waals surface area contributed by atoms with Gasteiger partial charge in [0.05, 0.1) is 12.8 Å². The van der Waals surface area contributed by atoms with Crippen molar-refractivity contribution in [3.63, 3.8) is 0 Å². The second kappa shape index (κ2) is 3.99. The Morgan fingerprint density at radius 1 is 1.61 bits per heavy atom. The first-order valence-corrected chi connectivity index (χ1v) is 5.78. The largest absolute Gasteiger partial charge is 0.464 e. The Bertz CT molecular complexity index is 616. The number of nitrogen functional groups attached to an aromatic ring is 1. The summed E-state index contributed by atoms with van der Waals surface area (Å²) in [6.45, 7) is 1.74. The Labute approximate surface area is 104 Å². The van der Waals surface area contributed by atoms with Gasteiger partial charge in [0.2, 0.25) is 0 Å². The van der Waals surface area contributed by atoms with Gasteiger partial charge in [-0.15, -0.1) is 0 Å². The van der Waals surface area contributed by atoms with Crippen LogP contribution in [0.25, 0.3) is 5.52 Å². The quantitative estimate of drug-likeness (QED) is 0.749. The lowest BCUT2D eigenvalue weighted by Crippen LogP contribution is -2.40. The van der Waals surface area contributed by atoms with Crippen molar-refractivity contribution >= 4 is 17.2 Å². The number of anilines is 1. The Morgan fingerprint density at radius 2 is 2.39 bits per heavy atom. The Morgan fingerprint density at radius 3 is 3.00 bits per heavy atom. The number of nitrogens with zero attached hydrogens (tertiary/aromatic N) is 2. The molecule has 0 aromatic carbocycles. The number of esters is 1. The number of imidazole rings is 1. The maximum absolute atomic E-state index is 11.8. The molecule has 6 heteroatoms. The first-order valence-electron chi connectivity index (χ1n) is 5.78. The summed E-state index contributed by atoms with van der Waals surface area (Å²) >= 11 is 0. The molecule has 0 radical (unpaired) electrons. The van der Waals surface area contributed by atoms with Crippen molar-refractivity contribution < 1.29 is 9.53 Å². The molecular formula is C12H14N4O2. The predicted molar refractivity (Wildman–Crippen MR) is 66.6 cm³/mol. The zero-order chi connectivity index (χ0) is 12.7. The van der Waals surface area contributed by atoms with Crippen LogP contribution >= 0.6 is 0 Å². The number of fused-ring (bicyclic) bond motifs is 1. The number of nitrogens with two attached hydrogens (primary N) is 1. The molecule has 1 fully saturated rings. The van der Waals surface area contributed by atoms with Crippen molar-refractivity contribution in [3.05, 3.63) is 29.8 Å². The predicted octanol–water partition coefficient (Wildman–Crippen LogP) is 0.390. The van der Waals surface area contributed by atoms with E-state index >= 15 is 0 Å². The molecule has 0 spiro atoms. The van der Waals surface area contributed by atoms with E-state index in [2.05, 4.69) is 10.3 Å². The van der Waals surface area contributed by atoms with E-state index in [4.69, 9.17) is 10.5 Å². The zero-order valence-corrected chi connectivity index (χ0v) is 10.0. The van der Waals surface area contributed by atoms with Gasteiger partial charge in [-0.25, -0.2) is 9.78 Å². The molecule has 0 bridgehead atoms. The summed E-state index contributed by atoms with van der Waals surface area (Å²) in [5, 5.41) is 3.19. The molecule has 1 aliphatic rings. The van der Waals surface area contributed by atoms with Gasteiger partial charge in [-0.1, -0.05) is 0 Å². The molecule has 3 heterocycles. The molecule has 2 aromatic rings. The number of nitrogens with one attached hydrogen (secondary N) is 1. The first-order chi connectivity index (χ1) is 8.72. The van der Waals surface area contributed by atoms with Crippen LogP contribution in [0.1, 0.15) is 22.2 Å². The van der Waals surface area contributed by atoms with Gasteiger partial charge in [-0.3, -0.25) is 0 Å². The summed E-state index contributed by atoms with van der Waals surface area (Å²) < 4.78 is 6.64. The smallest absolute Gasteiger partial charge is 0.359 e. The summed E-state index contributed by atoms with van der Waals surface area (Å²) in [5.74, 6) is 0.720. The number of ether oxygens (including phenoxy) is 1. The second-order valence-electron chi connectivity index (χ2n) is 4.35. The average Bonchev–Trinajstić information content (AvgIpc) is 2.67. The highest BCUT2D eigenvalue weighted by molar-refractivity contribution is 5.98. The molecule has 94 valence electrons. The molecule has 3 N–H and O–H groups in total. The standard InChI is InChI=1S/C12H14N4O2/c1-18-12(17)9-10-8(13)3-2-4-16(10)11(15-9)7-5-14-6-7/h2-4,7,14H,5-6,13H2,1H3. The number of pyridine rings is 1. The van der Waals surface area contributed by atoms with Gasteiger partial charge < -0.3 is 20.2 Å². The molecule has 1 aliphatic heterocycles. The van der Waals surface area contributed by atoms with Gasteiger partial charge in [0, 0.05) is 25.2 Å². The highest BCUT2D eigenvalue weighted by Crippen LogP contribution is 2.26. The number of carbonyl (C=O) groups is 1. The normalized spacial score (nSPS) is 15.6. The zero-order valence-electron chi connectivity index (χ0n) is 10.0. The minimum Gasteiger partial charge on any atom is -0.464 e. The maximum atomic E-state index is 11.8. The van der Waals surface area contributed by atoms with Gasteiger partial charge in [0.1, 0.15) is 11.3 Å². The van der Waals surface area contributed by atoms with Crippen molar-refractivity contribution in [1.82, 2.24) is 14.7 Å². The number of rotatable bonds is 2. The average molecular weight is 246 g/mol. The second-order valence-corrected chi connectivity index (χ2v) is 4.35. The van der Waals surface area contributed by atoms with E-state index in [1.807, 2.05) is 16.7 Å². The molecule has 2 aromatic heterocycles. The summed E-state index contributed by atoms with van der Waals surface area (Å²) in [6.07, 6.45) is 1.87. The Hall–Kier alpha value is -2.08. The molecule has 0 unspecified atom stereocenters. The molecule has 6 nitrogen and oxygen atoms in total. The minimum absolute atomic E-state index is 0.289. The van der Waals surface area contributed by atoms with Crippen molar-refractivity contribution in [2.45, 2.75) is 5.92 Å². The number of aromatic nitrogens is 2. The van der Waals surface area contributed by atoms with Crippen LogP contribution in [0.15, 0.2) is 18.3 Å². The van der Waals surface area contributed by atoms with E-state index in [9.17, 15) is 4.79 Å². The van der Waals surface area contributed by atoms with Crippen LogP contribution in [-0.2, 0) is 4.74 Å². The van der Waals surface area contributed by atoms with Crippen LogP contribution in [0, 0.1) is 0 Å². The monoisotopic (exact) mass is 246 g/mol. The van der Waals surface area contributed by atoms with Crippen molar-refractivity contribution in [2.75, 3.05) is 25.9 Å². The lowest BCUT2D eigenvalue weighted by atomic mass is 10.0. The molecule has 1 saturated heterocycles. The van der Waals surface area contributed by atoms with Crippen LogP contribution in [0.2, 0.25) is 0 Å². The third kappa shape index (κ3) is 1.46. The molecule has 3 rings (SSSR count). The van der Waals surface area contributed by atoms with E-state index in [-0.39, 0.29) is 5.69 Å². The molecular weight excluding hydrogens is 232 g/mol. The van der Waals surface area contributed by atoms with Gasteiger partial charge in [-0.05, 0) is 12.1 Å². The van der Waals surface area contributed by atoms with Gasteiger partial charge in [0.25, 0.3) is 0 Å². The fourth-order valence-electron chi connectivity index (χ4n) is 2.19. The van der Waals surface area contributed by atoms with Crippen molar-refractivity contribution in [2.24, 2.45) is 0 Å². The highest BCUT2D eigenvalue weighted by atomic mass is 16.5. The lowest BCUT2D eigenvalue weighted by molar-refractivity contribution is 0.0596. The third-order valence-electron chi connectivity index (χ3n) is 3.25. The number of hydrogen-bond donors (Lipinski definition) is 2. The summed E-state index contributed by atoms with van der Waals surface area (Å²) in [4.78, 5) is 16.2. The minimum atomic E-state index is -0.455. The molecule has 18 heavy (non-hydrogen) atoms. The van der Waals surface area contributed by atoms with Crippen molar-refractivity contribution in [1.29, 1.82) is 0 Å². The third-order valence-corrected chi connectivity index (χ3v) is 3.25.